The first-order valence-corrected chi connectivity index (χ1v) is 8.85. The standard InChI is InChI=1S/C17H15ClFN3O2S/c1-3-24-17(23)12-9-21-15(16-20-6-7-25-16)22(10(12)2)14-5-4-11(19)8-13(14)18/h4-8H,3,9H2,1-2H3. The fourth-order valence-corrected chi connectivity index (χ4v) is 3.40. The average Bonchev–Trinajstić information content (AvgIpc) is 3.10. The van der Waals surface area contributed by atoms with E-state index >= 15 is 0 Å². The highest BCUT2D eigenvalue weighted by atomic mass is 35.5. The molecule has 3 rings (SSSR count). The summed E-state index contributed by atoms with van der Waals surface area (Å²) in [5, 5.41) is 2.73. The van der Waals surface area contributed by atoms with Gasteiger partial charge in [0.15, 0.2) is 10.8 Å². The molecule has 5 nitrogen and oxygen atoms in total. The Morgan fingerprint density at radius 1 is 1.48 bits per heavy atom. The Hall–Kier alpha value is -2.25. The van der Waals surface area contributed by atoms with Crippen LogP contribution in [0, 0.1) is 5.82 Å². The highest BCUT2D eigenvalue weighted by molar-refractivity contribution is 7.11. The maximum absolute atomic E-state index is 13.5. The monoisotopic (exact) mass is 379 g/mol. The Morgan fingerprint density at radius 2 is 2.28 bits per heavy atom. The van der Waals surface area contributed by atoms with Crippen molar-refractivity contribution >= 4 is 40.4 Å². The van der Waals surface area contributed by atoms with Crippen LogP contribution < -0.4 is 4.90 Å². The number of aliphatic imine (C=N–C) groups is 1. The van der Waals surface area contributed by atoms with E-state index in [1.807, 2.05) is 5.38 Å². The largest absolute Gasteiger partial charge is 0.463 e. The molecule has 25 heavy (non-hydrogen) atoms. The van der Waals surface area contributed by atoms with Gasteiger partial charge in [-0.3, -0.25) is 9.89 Å². The number of aromatic nitrogens is 1. The number of carbonyl (C=O) groups is 1. The molecule has 0 saturated carbocycles. The van der Waals surface area contributed by atoms with Crippen molar-refractivity contribution in [3.05, 3.63) is 56.9 Å². The normalized spacial score (nSPS) is 14.6. The predicted molar refractivity (Wildman–Crippen MR) is 96.7 cm³/mol. The number of benzene rings is 1. The van der Waals surface area contributed by atoms with E-state index in [0.717, 1.165) is 0 Å². The molecule has 0 aliphatic carbocycles. The van der Waals surface area contributed by atoms with Crippen LogP contribution in [0.15, 0.2) is 46.0 Å². The van der Waals surface area contributed by atoms with Gasteiger partial charge in [0.05, 0.1) is 29.4 Å². The highest BCUT2D eigenvalue weighted by Crippen LogP contribution is 2.34. The topological polar surface area (TPSA) is 54.8 Å². The minimum Gasteiger partial charge on any atom is -0.463 e. The molecule has 2 heterocycles. The molecule has 1 aromatic carbocycles. The van der Waals surface area contributed by atoms with E-state index in [4.69, 9.17) is 16.3 Å². The quantitative estimate of drug-likeness (QED) is 0.752. The van der Waals surface area contributed by atoms with Gasteiger partial charge in [-0.05, 0) is 32.0 Å². The van der Waals surface area contributed by atoms with Crippen molar-refractivity contribution in [2.75, 3.05) is 18.1 Å². The molecule has 1 aliphatic rings. The van der Waals surface area contributed by atoms with E-state index < -0.39 is 11.8 Å². The van der Waals surface area contributed by atoms with Crippen LogP contribution in [0.2, 0.25) is 5.02 Å². The summed E-state index contributed by atoms with van der Waals surface area (Å²) in [5.41, 5.74) is 1.59. The molecule has 0 fully saturated rings. The summed E-state index contributed by atoms with van der Waals surface area (Å²) in [6.07, 6.45) is 1.67. The van der Waals surface area contributed by atoms with E-state index in [2.05, 4.69) is 9.98 Å². The zero-order valence-corrected chi connectivity index (χ0v) is 15.2. The van der Waals surface area contributed by atoms with E-state index in [1.54, 1.807) is 31.0 Å². The van der Waals surface area contributed by atoms with Crippen molar-refractivity contribution in [2.45, 2.75) is 13.8 Å². The first-order valence-electron chi connectivity index (χ1n) is 7.59. The minimum absolute atomic E-state index is 0.189. The third-order valence-electron chi connectivity index (χ3n) is 3.67. The van der Waals surface area contributed by atoms with Gasteiger partial charge in [0.2, 0.25) is 0 Å². The number of amidine groups is 1. The Morgan fingerprint density at radius 3 is 2.92 bits per heavy atom. The molecular formula is C17H15ClFN3O2S. The first kappa shape index (κ1) is 17.6. The Labute approximate surface area is 153 Å². The third-order valence-corrected chi connectivity index (χ3v) is 4.74. The summed E-state index contributed by atoms with van der Waals surface area (Å²) in [7, 11) is 0. The Balaban J connectivity index is 2.12. The molecule has 0 radical (unpaired) electrons. The van der Waals surface area contributed by atoms with Gasteiger partial charge in [-0.15, -0.1) is 11.3 Å². The SMILES string of the molecule is CCOC(=O)C1=C(C)N(c2ccc(F)cc2Cl)C(c2nccs2)=NC1. The summed E-state index contributed by atoms with van der Waals surface area (Å²) in [5.74, 6) is -0.301. The molecule has 0 atom stereocenters. The number of allylic oxidation sites excluding steroid dienone is 1. The maximum atomic E-state index is 13.5. The molecule has 1 aromatic heterocycles. The van der Waals surface area contributed by atoms with Crippen LogP contribution in [-0.4, -0.2) is 29.9 Å². The molecular weight excluding hydrogens is 365 g/mol. The minimum atomic E-state index is -0.439. The molecule has 2 aromatic rings. The number of hydrogen-bond acceptors (Lipinski definition) is 6. The first-order chi connectivity index (χ1) is 12.0. The zero-order valence-electron chi connectivity index (χ0n) is 13.6. The van der Waals surface area contributed by atoms with E-state index in [9.17, 15) is 9.18 Å². The van der Waals surface area contributed by atoms with Crippen LogP contribution in [0.3, 0.4) is 0 Å². The number of anilines is 1. The molecule has 0 spiro atoms. The second kappa shape index (κ2) is 7.33. The van der Waals surface area contributed by atoms with Gasteiger partial charge < -0.3 is 4.74 Å². The van der Waals surface area contributed by atoms with E-state index in [-0.39, 0.29) is 18.2 Å². The van der Waals surface area contributed by atoms with Gasteiger partial charge in [-0.1, -0.05) is 11.6 Å². The van der Waals surface area contributed by atoms with Crippen molar-refractivity contribution in [3.8, 4) is 0 Å². The second-order valence-electron chi connectivity index (χ2n) is 5.19. The lowest BCUT2D eigenvalue weighted by atomic mass is 10.1. The van der Waals surface area contributed by atoms with Crippen LogP contribution in [0.5, 0.6) is 0 Å². The Bertz CT molecular complexity index is 865. The molecule has 0 N–H and O–H groups in total. The van der Waals surface area contributed by atoms with Crippen LogP contribution in [0.4, 0.5) is 10.1 Å². The molecule has 130 valence electrons. The molecule has 8 heteroatoms. The summed E-state index contributed by atoms with van der Waals surface area (Å²) >= 11 is 7.67. The van der Waals surface area contributed by atoms with Crippen LogP contribution >= 0.6 is 22.9 Å². The second-order valence-corrected chi connectivity index (χ2v) is 6.49. The lowest BCUT2D eigenvalue weighted by Crippen LogP contribution is -2.36. The molecule has 0 unspecified atom stereocenters. The summed E-state index contributed by atoms with van der Waals surface area (Å²) in [4.78, 5) is 22.8. The van der Waals surface area contributed by atoms with Gasteiger partial charge in [0, 0.05) is 17.3 Å². The van der Waals surface area contributed by atoms with E-state index in [1.165, 1.54) is 23.5 Å². The molecule has 0 bridgehead atoms. The zero-order chi connectivity index (χ0) is 18.0. The fraction of sp³-hybridized carbons (Fsp3) is 0.235. The number of ether oxygens (including phenoxy) is 1. The number of esters is 1. The molecule has 1 aliphatic heterocycles. The molecule has 0 saturated heterocycles. The van der Waals surface area contributed by atoms with Crippen molar-refractivity contribution < 1.29 is 13.9 Å². The summed E-state index contributed by atoms with van der Waals surface area (Å²) in [6.45, 7) is 3.99. The van der Waals surface area contributed by atoms with Gasteiger partial charge in [-0.2, -0.15) is 0 Å². The van der Waals surface area contributed by atoms with Crippen molar-refractivity contribution in [3.63, 3.8) is 0 Å². The Kier molecular flexibility index (Phi) is 5.15. The van der Waals surface area contributed by atoms with E-state index in [0.29, 0.717) is 27.8 Å². The smallest absolute Gasteiger partial charge is 0.337 e. The fourth-order valence-electron chi connectivity index (χ4n) is 2.52. The number of nitrogens with zero attached hydrogens (tertiary/aromatic N) is 3. The van der Waals surface area contributed by atoms with Gasteiger partial charge in [0.1, 0.15) is 5.82 Å². The summed E-state index contributed by atoms with van der Waals surface area (Å²) in [6, 6.07) is 4.09. The average molecular weight is 380 g/mol. The number of hydrogen-bond donors (Lipinski definition) is 0. The van der Waals surface area contributed by atoms with Gasteiger partial charge in [-0.25, -0.2) is 14.2 Å². The van der Waals surface area contributed by atoms with Crippen molar-refractivity contribution in [1.82, 2.24) is 4.98 Å². The number of rotatable bonds is 4. The van der Waals surface area contributed by atoms with Crippen LogP contribution in [0.25, 0.3) is 0 Å². The third kappa shape index (κ3) is 3.43. The number of carbonyl (C=O) groups excluding carboxylic acids is 1. The van der Waals surface area contributed by atoms with Crippen molar-refractivity contribution in [2.24, 2.45) is 4.99 Å². The van der Waals surface area contributed by atoms with Crippen molar-refractivity contribution in [1.29, 1.82) is 0 Å². The highest BCUT2D eigenvalue weighted by Gasteiger charge is 2.30. The predicted octanol–water partition coefficient (Wildman–Crippen LogP) is 4.04. The van der Waals surface area contributed by atoms with Crippen LogP contribution in [-0.2, 0) is 9.53 Å². The lowest BCUT2D eigenvalue weighted by molar-refractivity contribution is -0.138. The van der Waals surface area contributed by atoms with Gasteiger partial charge >= 0.3 is 5.97 Å². The number of thiazole rings is 1. The van der Waals surface area contributed by atoms with Gasteiger partial charge in [0.25, 0.3) is 0 Å². The lowest BCUT2D eigenvalue weighted by Gasteiger charge is -2.31. The number of halogens is 2. The maximum Gasteiger partial charge on any atom is 0.337 e. The summed E-state index contributed by atoms with van der Waals surface area (Å²) < 4.78 is 18.6. The van der Waals surface area contributed by atoms with Crippen LogP contribution in [0.1, 0.15) is 18.9 Å². The molecule has 0 amide bonds.